The molecule has 0 N–H and O–H groups in total. The number of esters is 1. The molecular weight excluding hydrogens is 470 g/mol. The quantitative estimate of drug-likeness (QED) is 0.304. The van der Waals surface area contributed by atoms with Crippen LogP contribution in [0.5, 0.6) is 11.6 Å². The van der Waals surface area contributed by atoms with Gasteiger partial charge in [-0.05, 0) is 80.0 Å². The second-order valence-electron chi connectivity index (χ2n) is 9.10. The summed E-state index contributed by atoms with van der Waals surface area (Å²) in [6.07, 6.45) is 7.45. The van der Waals surface area contributed by atoms with Crippen LogP contribution in [0.3, 0.4) is 0 Å². The van der Waals surface area contributed by atoms with Gasteiger partial charge >= 0.3 is 5.97 Å². The summed E-state index contributed by atoms with van der Waals surface area (Å²) in [5.41, 5.74) is 3.49. The van der Waals surface area contributed by atoms with Gasteiger partial charge in [-0.3, -0.25) is 0 Å². The SMILES string of the molecule is CCOC(=O)c1nnn(Cc2ccc(OC)cc2)c1O[C@H]1CC[C@H](c2ccc(-n3cccn3)cc2)CC1. The van der Waals surface area contributed by atoms with Gasteiger partial charge in [0, 0.05) is 12.4 Å². The van der Waals surface area contributed by atoms with Crippen molar-refractivity contribution < 1.29 is 19.0 Å². The maximum Gasteiger partial charge on any atom is 0.364 e. The maximum absolute atomic E-state index is 12.6. The molecule has 0 radical (unpaired) electrons. The molecule has 1 aliphatic carbocycles. The van der Waals surface area contributed by atoms with Crippen LogP contribution in [0.4, 0.5) is 0 Å². The van der Waals surface area contributed by atoms with Crippen LogP contribution < -0.4 is 9.47 Å². The van der Waals surface area contributed by atoms with Crippen molar-refractivity contribution >= 4 is 5.97 Å². The molecule has 0 aliphatic heterocycles. The summed E-state index contributed by atoms with van der Waals surface area (Å²) in [6.45, 7) is 2.45. The van der Waals surface area contributed by atoms with Crippen molar-refractivity contribution in [2.75, 3.05) is 13.7 Å². The number of aromatic nitrogens is 5. The standard InChI is InChI=1S/C28H31N5O4/c1-3-36-28(34)26-27(33(31-30-26)19-20-5-13-24(35-2)14-6-20)37-25-15-9-22(10-16-25)21-7-11-23(12-8-21)32-18-4-17-29-32/h4-8,11-14,17-18,22,25H,3,9-10,15-16,19H2,1-2H3/t22-,25-. The monoisotopic (exact) mass is 501 g/mol. The van der Waals surface area contributed by atoms with E-state index in [4.69, 9.17) is 14.2 Å². The minimum Gasteiger partial charge on any atom is -0.497 e. The third-order valence-corrected chi connectivity index (χ3v) is 6.74. The van der Waals surface area contributed by atoms with Gasteiger partial charge in [0.25, 0.3) is 0 Å². The summed E-state index contributed by atoms with van der Waals surface area (Å²) in [7, 11) is 1.63. The average molecular weight is 502 g/mol. The summed E-state index contributed by atoms with van der Waals surface area (Å²) >= 11 is 0. The first-order valence-corrected chi connectivity index (χ1v) is 12.6. The average Bonchev–Trinajstić information content (AvgIpc) is 3.61. The highest BCUT2D eigenvalue weighted by atomic mass is 16.5. The van der Waals surface area contributed by atoms with Crippen molar-refractivity contribution in [2.24, 2.45) is 0 Å². The molecule has 4 aromatic rings. The Morgan fingerprint density at radius 1 is 1.03 bits per heavy atom. The lowest BCUT2D eigenvalue weighted by Gasteiger charge is -2.29. The molecule has 37 heavy (non-hydrogen) atoms. The first-order valence-electron chi connectivity index (χ1n) is 12.6. The lowest BCUT2D eigenvalue weighted by molar-refractivity contribution is 0.0507. The van der Waals surface area contributed by atoms with E-state index in [0.29, 0.717) is 18.3 Å². The van der Waals surface area contributed by atoms with E-state index in [1.54, 1.807) is 24.9 Å². The van der Waals surface area contributed by atoms with Crippen LogP contribution in [-0.2, 0) is 11.3 Å². The molecule has 9 nitrogen and oxygen atoms in total. The van der Waals surface area contributed by atoms with Gasteiger partial charge in [-0.25, -0.2) is 14.2 Å². The molecular formula is C28H31N5O4. The Bertz CT molecular complexity index is 1290. The minimum absolute atomic E-state index is 0.0270. The zero-order chi connectivity index (χ0) is 25.6. The molecule has 0 amide bonds. The first kappa shape index (κ1) is 24.5. The summed E-state index contributed by atoms with van der Waals surface area (Å²) in [6, 6.07) is 18.2. The molecule has 0 unspecified atom stereocenters. The first-order chi connectivity index (χ1) is 18.1. The van der Waals surface area contributed by atoms with Gasteiger partial charge in [-0.15, -0.1) is 5.10 Å². The Morgan fingerprint density at radius 3 is 2.43 bits per heavy atom. The van der Waals surface area contributed by atoms with E-state index in [9.17, 15) is 4.79 Å². The lowest BCUT2D eigenvalue weighted by atomic mass is 9.82. The van der Waals surface area contributed by atoms with Crippen molar-refractivity contribution in [1.82, 2.24) is 24.8 Å². The van der Waals surface area contributed by atoms with Gasteiger partial charge < -0.3 is 14.2 Å². The van der Waals surface area contributed by atoms with E-state index < -0.39 is 5.97 Å². The Labute approximate surface area is 216 Å². The third kappa shape index (κ3) is 5.66. The fraction of sp³-hybridized carbons (Fsp3) is 0.357. The van der Waals surface area contributed by atoms with Gasteiger partial charge in [-0.2, -0.15) is 5.10 Å². The number of methoxy groups -OCH3 is 1. The number of benzene rings is 2. The normalized spacial score (nSPS) is 17.4. The summed E-state index contributed by atoms with van der Waals surface area (Å²) in [4.78, 5) is 12.6. The van der Waals surface area contributed by atoms with Crippen molar-refractivity contribution in [3.63, 3.8) is 0 Å². The van der Waals surface area contributed by atoms with E-state index in [-0.39, 0.29) is 18.4 Å². The van der Waals surface area contributed by atoms with E-state index in [1.165, 1.54) is 5.56 Å². The largest absolute Gasteiger partial charge is 0.497 e. The van der Waals surface area contributed by atoms with E-state index in [0.717, 1.165) is 42.7 Å². The number of ether oxygens (including phenoxy) is 3. The van der Waals surface area contributed by atoms with E-state index in [2.05, 4.69) is 39.7 Å². The molecule has 1 aliphatic rings. The molecule has 0 atom stereocenters. The Kier molecular flexibility index (Phi) is 7.49. The number of hydrogen-bond donors (Lipinski definition) is 0. The fourth-order valence-corrected chi connectivity index (χ4v) is 4.75. The van der Waals surface area contributed by atoms with Gasteiger partial charge in [0.05, 0.1) is 25.9 Å². The molecule has 5 rings (SSSR count). The van der Waals surface area contributed by atoms with Gasteiger partial charge in [0.15, 0.2) is 0 Å². The number of hydrogen-bond acceptors (Lipinski definition) is 7. The Morgan fingerprint density at radius 2 is 1.78 bits per heavy atom. The van der Waals surface area contributed by atoms with E-state index >= 15 is 0 Å². The van der Waals surface area contributed by atoms with Crippen LogP contribution in [-0.4, -0.2) is 50.6 Å². The predicted molar refractivity (Wildman–Crippen MR) is 137 cm³/mol. The zero-order valence-electron chi connectivity index (χ0n) is 21.1. The molecule has 2 aromatic heterocycles. The number of carbonyl (C=O) groups is 1. The second kappa shape index (κ2) is 11.3. The highest BCUT2D eigenvalue weighted by Gasteiger charge is 2.29. The molecule has 0 saturated heterocycles. The smallest absolute Gasteiger partial charge is 0.364 e. The van der Waals surface area contributed by atoms with E-state index in [1.807, 2.05) is 41.2 Å². The highest BCUT2D eigenvalue weighted by molar-refractivity contribution is 5.89. The summed E-state index contributed by atoms with van der Waals surface area (Å²) in [5, 5.41) is 12.6. The topological polar surface area (TPSA) is 93.3 Å². The van der Waals surface area contributed by atoms with Gasteiger partial charge in [0.2, 0.25) is 11.6 Å². The molecule has 0 bridgehead atoms. The van der Waals surface area contributed by atoms with Crippen LogP contribution >= 0.6 is 0 Å². The Balaban J connectivity index is 1.26. The van der Waals surface area contributed by atoms with Crippen LogP contribution in [0.25, 0.3) is 5.69 Å². The van der Waals surface area contributed by atoms with Crippen LogP contribution in [0.2, 0.25) is 0 Å². The van der Waals surface area contributed by atoms with Gasteiger partial charge in [-0.1, -0.05) is 29.5 Å². The highest BCUT2D eigenvalue weighted by Crippen LogP contribution is 2.35. The summed E-state index contributed by atoms with van der Waals surface area (Å²) in [5.74, 6) is 1.09. The number of rotatable bonds is 9. The number of nitrogens with zero attached hydrogens (tertiary/aromatic N) is 5. The molecule has 2 aromatic carbocycles. The van der Waals surface area contributed by atoms with Gasteiger partial charge in [0.1, 0.15) is 11.9 Å². The van der Waals surface area contributed by atoms with Crippen LogP contribution in [0, 0.1) is 0 Å². The zero-order valence-corrected chi connectivity index (χ0v) is 21.1. The Hall–Kier alpha value is -4.14. The molecule has 2 heterocycles. The summed E-state index contributed by atoms with van der Waals surface area (Å²) < 4.78 is 20.3. The minimum atomic E-state index is -0.524. The van der Waals surface area contributed by atoms with Crippen molar-refractivity contribution in [3.8, 4) is 17.3 Å². The van der Waals surface area contributed by atoms with Crippen molar-refractivity contribution in [1.29, 1.82) is 0 Å². The number of carbonyl (C=O) groups excluding carboxylic acids is 1. The van der Waals surface area contributed by atoms with Crippen LogP contribution in [0.1, 0.15) is 60.1 Å². The molecule has 1 saturated carbocycles. The molecule has 9 heteroatoms. The maximum atomic E-state index is 12.6. The molecule has 1 fully saturated rings. The third-order valence-electron chi connectivity index (χ3n) is 6.74. The lowest BCUT2D eigenvalue weighted by Crippen LogP contribution is -2.25. The second-order valence-corrected chi connectivity index (χ2v) is 9.10. The molecule has 192 valence electrons. The van der Waals surface area contributed by atoms with Crippen molar-refractivity contribution in [3.05, 3.63) is 83.8 Å². The van der Waals surface area contributed by atoms with Crippen LogP contribution in [0.15, 0.2) is 67.0 Å². The fourth-order valence-electron chi connectivity index (χ4n) is 4.75. The predicted octanol–water partition coefficient (Wildman–Crippen LogP) is 4.80. The van der Waals surface area contributed by atoms with Crippen molar-refractivity contribution in [2.45, 2.75) is 51.2 Å². The molecule has 0 spiro atoms.